The lowest BCUT2D eigenvalue weighted by Gasteiger charge is -2.36. The average molecular weight is 527 g/mol. The number of carbonyl (C=O) groups excluding carboxylic acids is 1. The molecule has 0 spiro atoms. The van der Waals surface area contributed by atoms with Gasteiger partial charge in [0.2, 0.25) is 11.8 Å². The van der Waals surface area contributed by atoms with Crippen molar-refractivity contribution in [2.24, 2.45) is 5.92 Å². The van der Waals surface area contributed by atoms with Gasteiger partial charge in [-0.2, -0.15) is 0 Å². The van der Waals surface area contributed by atoms with Gasteiger partial charge in [0, 0.05) is 62.1 Å². The van der Waals surface area contributed by atoms with Crippen LogP contribution in [0.15, 0.2) is 48.7 Å². The highest BCUT2D eigenvalue weighted by Gasteiger charge is 2.32. The molecule has 2 N–H and O–H groups in total. The first-order valence-electron chi connectivity index (χ1n) is 13.8. The third kappa shape index (κ3) is 7.62. The molecule has 1 aromatic carbocycles. The normalized spacial score (nSPS) is 23.9. The fourth-order valence-electron chi connectivity index (χ4n) is 5.81. The Morgan fingerprint density at radius 1 is 1.19 bits per heavy atom. The minimum absolute atomic E-state index is 0.0603. The standard InChI is InChI=1S/C29H42N4O3S/c1-3-18-37(35)33-17-16-30-21-25(33)14-12-23-10-7-11-27(23)32-28(34)19-26(22-8-5-4-6-9-22)24-13-15-29(36-2)31-20-24/h4-6,8-9,13,15,20,23,25-27,30H,3,7,10-12,14,16-19,21H2,1-2H3,(H,32,34)/t23-,25?,26?,27?,37?/m1/s1. The van der Waals surface area contributed by atoms with Gasteiger partial charge < -0.3 is 15.4 Å². The molecule has 37 heavy (non-hydrogen) atoms. The number of amides is 1. The monoisotopic (exact) mass is 526 g/mol. The van der Waals surface area contributed by atoms with Crippen LogP contribution < -0.4 is 15.4 Å². The van der Waals surface area contributed by atoms with E-state index in [2.05, 4.69) is 39.0 Å². The second-order valence-electron chi connectivity index (χ2n) is 10.3. The molecule has 1 aliphatic heterocycles. The maximum atomic E-state index is 13.3. The Morgan fingerprint density at radius 2 is 2.03 bits per heavy atom. The molecule has 4 rings (SSSR count). The minimum Gasteiger partial charge on any atom is -0.481 e. The molecule has 4 unspecified atom stereocenters. The predicted molar refractivity (Wildman–Crippen MR) is 149 cm³/mol. The van der Waals surface area contributed by atoms with E-state index in [1.54, 1.807) is 7.11 Å². The van der Waals surface area contributed by atoms with Crippen molar-refractivity contribution in [1.82, 2.24) is 19.9 Å². The van der Waals surface area contributed by atoms with Gasteiger partial charge in [-0.1, -0.05) is 49.7 Å². The predicted octanol–water partition coefficient (Wildman–Crippen LogP) is 4.02. The van der Waals surface area contributed by atoms with Crippen LogP contribution in [0.1, 0.15) is 68.9 Å². The third-order valence-electron chi connectivity index (χ3n) is 7.77. The summed E-state index contributed by atoms with van der Waals surface area (Å²) in [6.07, 6.45) is 8.54. The zero-order chi connectivity index (χ0) is 26.0. The number of benzene rings is 1. The Balaban J connectivity index is 1.36. The molecular formula is C29H42N4O3S. The van der Waals surface area contributed by atoms with Crippen molar-refractivity contribution in [2.45, 2.75) is 69.9 Å². The third-order valence-corrected chi connectivity index (χ3v) is 9.54. The Morgan fingerprint density at radius 3 is 2.76 bits per heavy atom. The van der Waals surface area contributed by atoms with Gasteiger partial charge in [0.1, 0.15) is 0 Å². The summed E-state index contributed by atoms with van der Waals surface area (Å²) in [5, 5.41) is 6.87. The summed E-state index contributed by atoms with van der Waals surface area (Å²) in [4.78, 5) is 17.7. The van der Waals surface area contributed by atoms with E-state index in [0.717, 1.165) is 75.0 Å². The van der Waals surface area contributed by atoms with Crippen LogP contribution in [-0.2, 0) is 15.8 Å². The van der Waals surface area contributed by atoms with Crippen molar-refractivity contribution in [3.63, 3.8) is 0 Å². The number of hydrogen-bond donors (Lipinski definition) is 2. The zero-order valence-electron chi connectivity index (χ0n) is 22.2. The van der Waals surface area contributed by atoms with E-state index in [1.165, 1.54) is 0 Å². The maximum Gasteiger partial charge on any atom is 0.221 e. The Labute approximate surface area is 224 Å². The van der Waals surface area contributed by atoms with Crippen LogP contribution in [0.4, 0.5) is 0 Å². The van der Waals surface area contributed by atoms with E-state index < -0.39 is 11.0 Å². The highest BCUT2D eigenvalue weighted by Crippen LogP contribution is 2.32. The number of nitrogens with one attached hydrogen (secondary N) is 2. The highest BCUT2D eigenvalue weighted by atomic mass is 32.2. The SMILES string of the molecule is CCCS(=O)N1CCNCC1CC[C@H]1CCCC1NC(=O)CC(c1ccccc1)c1ccc(OC)nc1. The molecule has 5 atom stereocenters. The van der Waals surface area contributed by atoms with Crippen molar-refractivity contribution in [2.75, 3.05) is 32.5 Å². The number of methoxy groups -OCH3 is 1. The quantitative estimate of drug-likeness (QED) is 0.436. The van der Waals surface area contributed by atoms with Gasteiger partial charge in [0.15, 0.2) is 0 Å². The van der Waals surface area contributed by atoms with Gasteiger partial charge in [-0.15, -0.1) is 0 Å². The van der Waals surface area contributed by atoms with Crippen LogP contribution in [0.25, 0.3) is 0 Å². The van der Waals surface area contributed by atoms with Crippen molar-refractivity contribution in [3.05, 3.63) is 59.8 Å². The van der Waals surface area contributed by atoms with Gasteiger partial charge in [-0.3, -0.25) is 4.79 Å². The Hall–Kier alpha value is -2.29. The van der Waals surface area contributed by atoms with Crippen molar-refractivity contribution in [3.8, 4) is 5.88 Å². The van der Waals surface area contributed by atoms with Crippen LogP contribution in [-0.4, -0.2) is 64.0 Å². The topological polar surface area (TPSA) is 83.6 Å². The van der Waals surface area contributed by atoms with Crippen molar-refractivity contribution in [1.29, 1.82) is 0 Å². The summed E-state index contributed by atoms with van der Waals surface area (Å²) in [6.45, 7) is 4.74. The lowest BCUT2D eigenvalue weighted by molar-refractivity contribution is -0.122. The Bertz CT molecular complexity index is 1000. The van der Waals surface area contributed by atoms with Crippen LogP contribution in [0, 0.1) is 5.92 Å². The van der Waals surface area contributed by atoms with E-state index >= 15 is 0 Å². The second kappa shape index (κ2) is 14.0. The molecule has 0 radical (unpaired) electrons. The molecule has 2 fully saturated rings. The molecule has 1 amide bonds. The lowest BCUT2D eigenvalue weighted by Crippen LogP contribution is -2.52. The molecule has 2 aromatic rings. The van der Waals surface area contributed by atoms with Gasteiger partial charge in [-0.25, -0.2) is 13.5 Å². The van der Waals surface area contributed by atoms with Crippen LogP contribution in [0.5, 0.6) is 5.88 Å². The molecule has 1 saturated carbocycles. The molecule has 0 bridgehead atoms. The average Bonchev–Trinajstić information content (AvgIpc) is 3.38. The van der Waals surface area contributed by atoms with Gasteiger partial charge in [0.25, 0.3) is 0 Å². The maximum absolute atomic E-state index is 13.3. The molecule has 1 aliphatic carbocycles. The van der Waals surface area contributed by atoms with Crippen LogP contribution in [0.2, 0.25) is 0 Å². The summed E-state index contributed by atoms with van der Waals surface area (Å²) in [7, 11) is 0.714. The van der Waals surface area contributed by atoms with E-state index in [-0.39, 0.29) is 17.9 Å². The molecule has 2 heterocycles. The molecule has 1 saturated heterocycles. The fourth-order valence-corrected chi connectivity index (χ4v) is 7.20. The smallest absolute Gasteiger partial charge is 0.221 e. The summed E-state index contributed by atoms with van der Waals surface area (Å²) in [5.74, 6) is 1.82. The van der Waals surface area contributed by atoms with Crippen LogP contribution in [0.3, 0.4) is 0 Å². The van der Waals surface area contributed by atoms with Crippen molar-refractivity contribution < 1.29 is 13.7 Å². The molecule has 2 aliphatic rings. The number of rotatable bonds is 12. The summed E-state index contributed by atoms with van der Waals surface area (Å²) >= 11 is 0. The first-order chi connectivity index (χ1) is 18.1. The van der Waals surface area contributed by atoms with Crippen molar-refractivity contribution >= 4 is 16.9 Å². The first kappa shape index (κ1) is 27.7. The van der Waals surface area contributed by atoms with Gasteiger partial charge in [0.05, 0.1) is 18.1 Å². The first-order valence-corrected chi connectivity index (χ1v) is 15.1. The van der Waals surface area contributed by atoms with E-state index in [1.807, 2.05) is 36.5 Å². The summed E-state index contributed by atoms with van der Waals surface area (Å²) < 4.78 is 20.2. The van der Waals surface area contributed by atoms with Crippen LogP contribution >= 0.6 is 0 Å². The second-order valence-corrected chi connectivity index (χ2v) is 11.8. The largest absolute Gasteiger partial charge is 0.481 e. The highest BCUT2D eigenvalue weighted by molar-refractivity contribution is 7.82. The van der Waals surface area contributed by atoms with Gasteiger partial charge in [-0.05, 0) is 49.1 Å². The number of piperazine rings is 1. The number of nitrogens with zero attached hydrogens (tertiary/aromatic N) is 2. The number of aromatic nitrogens is 1. The molecule has 202 valence electrons. The Kier molecular flexibility index (Phi) is 10.5. The summed E-state index contributed by atoms with van der Waals surface area (Å²) in [5.41, 5.74) is 2.12. The van der Waals surface area contributed by atoms with E-state index in [4.69, 9.17) is 4.74 Å². The molecule has 8 heteroatoms. The molecule has 7 nitrogen and oxygen atoms in total. The van der Waals surface area contributed by atoms with Gasteiger partial charge >= 0.3 is 0 Å². The molecule has 1 aromatic heterocycles. The number of carbonyl (C=O) groups is 1. The fraction of sp³-hybridized carbons (Fsp3) is 0.586. The molecular weight excluding hydrogens is 484 g/mol. The van der Waals surface area contributed by atoms with E-state index in [9.17, 15) is 9.00 Å². The summed E-state index contributed by atoms with van der Waals surface area (Å²) in [6, 6.07) is 14.6. The number of pyridine rings is 1. The lowest BCUT2D eigenvalue weighted by atomic mass is 9.88. The number of ether oxygens (including phenoxy) is 1. The number of hydrogen-bond acceptors (Lipinski definition) is 5. The van der Waals surface area contributed by atoms with E-state index in [0.29, 0.717) is 24.3 Å². The minimum atomic E-state index is -0.892. The zero-order valence-corrected chi connectivity index (χ0v) is 23.1.